The van der Waals surface area contributed by atoms with E-state index in [0.29, 0.717) is 71.0 Å². The first-order valence-corrected chi connectivity index (χ1v) is 30.6. The maximum atomic E-state index is 12.0. The average Bonchev–Trinajstić information content (AvgIpc) is 2.20. The Labute approximate surface area is 566 Å². The van der Waals surface area contributed by atoms with Crippen LogP contribution in [-0.4, -0.2) is 252 Å². The van der Waals surface area contributed by atoms with Crippen LogP contribution in [0, 0.1) is 34.5 Å². The highest BCUT2D eigenvalue weighted by atomic mass is 16.6. The summed E-state index contributed by atoms with van der Waals surface area (Å²) in [5, 5.41) is 77.7. The lowest BCUT2D eigenvalue weighted by atomic mass is 9.88. The molecule has 31 nitrogen and oxygen atoms in total. The Morgan fingerprint density at radius 2 is 0.701 bits per heavy atom. The lowest BCUT2D eigenvalue weighted by Crippen LogP contribution is -2.36. The van der Waals surface area contributed by atoms with E-state index in [1.54, 1.807) is 12.2 Å². The number of esters is 10. The van der Waals surface area contributed by atoms with Gasteiger partial charge >= 0.3 is 59.7 Å². The van der Waals surface area contributed by atoms with Crippen LogP contribution in [0.1, 0.15) is 104 Å². The van der Waals surface area contributed by atoms with Gasteiger partial charge in [-0.15, -0.1) is 13.2 Å². The van der Waals surface area contributed by atoms with Crippen molar-refractivity contribution in [2.75, 3.05) is 146 Å². The smallest absolute Gasteiger partial charge is 0.331 e. The minimum Gasteiger partial charge on any atom is -0.469 e. The largest absolute Gasteiger partial charge is 0.469 e. The summed E-state index contributed by atoms with van der Waals surface area (Å²) < 4.78 is 57.9. The van der Waals surface area contributed by atoms with Gasteiger partial charge in [0.1, 0.15) is 52.9 Å². The Balaban J connectivity index is -0.000000380. The van der Waals surface area contributed by atoms with Crippen molar-refractivity contribution in [3.63, 3.8) is 0 Å². The van der Waals surface area contributed by atoms with Crippen LogP contribution >= 0.6 is 0 Å². The van der Waals surface area contributed by atoms with Crippen molar-refractivity contribution >= 4 is 59.7 Å². The van der Waals surface area contributed by atoms with E-state index in [2.05, 4.69) is 65.3 Å². The third kappa shape index (κ3) is 70.4. The summed E-state index contributed by atoms with van der Waals surface area (Å²) in [4.78, 5) is 111. The molecule has 0 fully saturated rings. The summed E-state index contributed by atoms with van der Waals surface area (Å²) in [6.07, 6.45) is 18.4. The van der Waals surface area contributed by atoms with Crippen molar-refractivity contribution in [1.82, 2.24) is 0 Å². The maximum absolute atomic E-state index is 12.0. The second kappa shape index (κ2) is 73.6. The number of unbranched alkanes of at least 4 members (excludes halogenated alkanes) is 3. The second-order valence-electron chi connectivity index (χ2n) is 19.2. The Morgan fingerprint density at radius 3 is 0.979 bits per heavy atom. The highest BCUT2D eigenvalue weighted by Crippen LogP contribution is 2.24. The van der Waals surface area contributed by atoms with Crippen molar-refractivity contribution < 1.29 is 151 Å². The minimum atomic E-state index is -0.736. The van der Waals surface area contributed by atoms with E-state index in [1.807, 2.05) is 13.8 Å². The van der Waals surface area contributed by atoms with Gasteiger partial charge in [0.25, 0.3) is 0 Å². The van der Waals surface area contributed by atoms with Crippen LogP contribution < -0.4 is 0 Å². The molecule has 2 atom stereocenters. The average molecular weight is 1390 g/mol. The molecule has 0 aromatic heterocycles. The van der Waals surface area contributed by atoms with E-state index in [1.165, 1.54) is 31.4 Å². The van der Waals surface area contributed by atoms with Gasteiger partial charge in [-0.2, -0.15) is 0 Å². The van der Waals surface area contributed by atoms with Crippen LogP contribution in [0.25, 0.3) is 0 Å². The number of methoxy groups -OCH3 is 1. The standard InChI is InChI=1S/C24H42O8.C14H18O6.C12H16O6.C8H12O6.C8H14O5/c1-5-13-29-17-23(7-3,15-25)19-31-21(27)11-9-10-12-22(28)32-20-24(8-4,16-26)18-30-14-6-2;15-9-3-5-11-19-13(17)7-1-2-8-14(18)20-12-6-4-10-16;13-7-1-3-9-17-11(15)5-6-12(16)18-10-4-2-8-14;9-3-5-13-7(11)1-2-8(12)14-6-4-10;1-12-7(10)4-2-3-5-8(11)13-6-9/h5-6,25-26H,1-2,7-20H2,3-4H3;15-16H,1-2,7-12H2;1-6,13-14H,7-10H2;1-2,9-10H,3-6H2;9H,2-6H2,1H3/b;;3-1-,4-2+,6-5+;2-1+;. The molecule has 0 radical (unpaired) electrons. The molecule has 552 valence electrons. The van der Waals surface area contributed by atoms with Crippen LogP contribution in [0.4, 0.5) is 0 Å². The van der Waals surface area contributed by atoms with Crippen molar-refractivity contribution in [3.05, 3.63) is 73.9 Å². The first-order chi connectivity index (χ1) is 46.7. The molecule has 0 spiro atoms. The SMILES string of the molecule is C=CCOCC(CC)(CO)COC(=O)CCCCC(=O)OCC(CC)(CO)COCC=C.COC(=O)CCCCC(=O)OCO.O=C(/C=C/C(=O)OC/C=C/CO)OC/C=C\CO.O=C(/C=C/C(=O)OCCO)OCCO.O=C(CCCCC(=O)OCC#CCO)OCC#CCO. The molecular weight excluding hydrogens is 1290 g/mol. The van der Waals surface area contributed by atoms with Gasteiger partial charge in [0.05, 0.1) is 84.0 Å². The fourth-order valence-corrected chi connectivity index (χ4v) is 5.98. The molecule has 97 heavy (non-hydrogen) atoms. The van der Waals surface area contributed by atoms with Gasteiger partial charge in [0, 0.05) is 62.8 Å². The van der Waals surface area contributed by atoms with Crippen LogP contribution in [0.3, 0.4) is 0 Å². The van der Waals surface area contributed by atoms with Crippen molar-refractivity contribution in [2.24, 2.45) is 10.8 Å². The third-order valence-corrected chi connectivity index (χ3v) is 11.6. The topological polar surface area (TPSA) is 464 Å². The van der Waals surface area contributed by atoms with E-state index in [4.69, 9.17) is 64.2 Å². The highest BCUT2D eigenvalue weighted by molar-refractivity contribution is 5.92. The molecule has 9 N–H and O–H groups in total. The first-order valence-electron chi connectivity index (χ1n) is 30.6. The molecule has 0 saturated carbocycles. The Morgan fingerprint density at radius 1 is 0.381 bits per heavy atom. The number of carbonyl (C=O) groups excluding carboxylic acids is 10. The zero-order valence-electron chi connectivity index (χ0n) is 55.9. The maximum Gasteiger partial charge on any atom is 0.331 e. The third-order valence-electron chi connectivity index (χ3n) is 11.6. The van der Waals surface area contributed by atoms with E-state index >= 15 is 0 Å². The number of aliphatic hydroxyl groups excluding tert-OH is 9. The molecule has 0 saturated heterocycles. The molecule has 31 heteroatoms. The van der Waals surface area contributed by atoms with Gasteiger partial charge < -0.3 is 103 Å². The van der Waals surface area contributed by atoms with Gasteiger partial charge in [-0.3, -0.25) is 28.8 Å². The lowest BCUT2D eigenvalue weighted by Gasteiger charge is -2.29. The number of aliphatic hydroxyl groups is 9. The van der Waals surface area contributed by atoms with Crippen LogP contribution in [0.15, 0.2) is 73.9 Å². The van der Waals surface area contributed by atoms with Gasteiger partial charge in [-0.25, -0.2) is 19.2 Å². The molecule has 2 unspecified atom stereocenters. The van der Waals surface area contributed by atoms with E-state index in [0.717, 1.165) is 24.3 Å². The minimum absolute atomic E-state index is 0.0258. The van der Waals surface area contributed by atoms with Gasteiger partial charge in [-0.05, 0) is 63.5 Å². The molecule has 0 amide bonds. The van der Waals surface area contributed by atoms with E-state index < -0.39 is 47.5 Å². The number of rotatable bonds is 48. The first kappa shape index (κ1) is 97.5. The molecule has 0 aliphatic carbocycles. The van der Waals surface area contributed by atoms with Crippen molar-refractivity contribution in [3.8, 4) is 23.7 Å². The molecule has 0 bridgehead atoms. The fourth-order valence-electron chi connectivity index (χ4n) is 5.98. The summed E-state index contributed by atoms with van der Waals surface area (Å²) in [5.41, 5.74) is -1.26. The van der Waals surface area contributed by atoms with Crippen LogP contribution in [-0.2, 0) is 105 Å². The van der Waals surface area contributed by atoms with Gasteiger partial charge in [0.2, 0.25) is 0 Å². The van der Waals surface area contributed by atoms with E-state index in [-0.39, 0.29) is 181 Å². The highest BCUT2D eigenvalue weighted by Gasteiger charge is 2.31. The summed E-state index contributed by atoms with van der Waals surface area (Å²) in [7, 11) is 1.32. The number of hydrogen-bond acceptors (Lipinski definition) is 31. The fraction of sp³-hybridized carbons (Fsp3) is 0.606. The number of carbonyl (C=O) groups is 10. The predicted molar refractivity (Wildman–Crippen MR) is 345 cm³/mol. The molecule has 0 heterocycles. The quantitative estimate of drug-likeness (QED) is 0.00780. The molecule has 0 aliphatic rings. The Kier molecular flexibility index (Phi) is 74.0. The number of hydrogen-bond donors (Lipinski definition) is 9. The summed E-state index contributed by atoms with van der Waals surface area (Å²) >= 11 is 0. The molecular formula is C66H102O31. The molecule has 0 aromatic rings. The lowest BCUT2D eigenvalue weighted by molar-refractivity contribution is -0.152. The van der Waals surface area contributed by atoms with Crippen LogP contribution in [0.5, 0.6) is 0 Å². The van der Waals surface area contributed by atoms with Gasteiger partial charge in [-0.1, -0.05) is 61.8 Å². The second-order valence-corrected chi connectivity index (χ2v) is 19.2. The molecule has 0 aromatic carbocycles. The summed E-state index contributed by atoms with van der Waals surface area (Å²) in [6.45, 7) is 9.96. The van der Waals surface area contributed by atoms with Crippen molar-refractivity contribution in [2.45, 2.75) is 104 Å². The molecule has 0 aliphatic heterocycles. The van der Waals surface area contributed by atoms with Crippen LogP contribution in [0.2, 0.25) is 0 Å². The Hall–Kier alpha value is -8.18. The Bertz CT molecular complexity index is 2240. The zero-order chi connectivity index (χ0) is 73.9. The van der Waals surface area contributed by atoms with E-state index in [9.17, 15) is 58.2 Å². The normalized spacial score (nSPS) is 11.5. The van der Waals surface area contributed by atoms with Crippen molar-refractivity contribution in [1.29, 1.82) is 0 Å². The molecule has 0 rings (SSSR count). The predicted octanol–water partition coefficient (Wildman–Crippen LogP) is 0.993. The summed E-state index contributed by atoms with van der Waals surface area (Å²) in [6, 6.07) is 0. The van der Waals surface area contributed by atoms with Gasteiger partial charge in [0.15, 0.2) is 20.0 Å². The monoisotopic (exact) mass is 1390 g/mol. The zero-order valence-corrected chi connectivity index (χ0v) is 55.9. The summed E-state index contributed by atoms with van der Waals surface area (Å²) in [5.74, 6) is 4.53. The number of ether oxygens (including phenoxy) is 12.